The van der Waals surface area contributed by atoms with Gasteiger partial charge in [0, 0.05) is 37.6 Å². The van der Waals surface area contributed by atoms with E-state index in [1.54, 1.807) is 18.5 Å². The summed E-state index contributed by atoms with van der Waals surface area (Å²) in [5, 5.41) is 3.11. The summed E-state index contributed by atoms with van der Waals surface area (Å²) in [6.45, 7) is 14.6. The summed E-state index contributed by atoms with van der Waals surface area (Å²) >= 11 is 0. The summed E-state index contributed by atoms with van der Waals surface area (Å²) in [4.78, 5) is 33.2. The van der Waals surface area contributed by atoms with E-state index in [-0.39, 0.29) is 29.8 Å². The summed E-state index contributed by atoms with van der Waals surface area (Å²) in [7, 11) is 0. The Bertz CT molecular complexity index is 1250. The fraction of sp³-hybridized carbons (Fsp3) is 0.531. The number of allylic oxidation sites excluding steroid dienone is 2. The van der Waals surface area contributed by atoms with Crippen LogP contribution >= 0.6 is 0 Å². The lowest BCUT2D eigenvalue weighted by molar-refractivity contribution is -0.123. The number of pyridine rings is 1. The summed E-state index contributed by atoms with van der Waals surface area (Å²) in [5.41, 5.74) is 8.83. The molecule has 0 aromatic carbocycles. The van der Waals surface area contributed by atoms with Gasteiger partial charge in [-0.05, 0) is 67.7 Å². The number of amidine groups is 1. The van der Waals surface area contributed by atoms with Crippen LogP contribution in [-0.4, -0.2) is 39.8 Å². The first kappa shape index (κ1) is 31.8. The van der Waals surface area contributed by atoms with Gasteiger partial charge in [0.1, 0.15) is 12.4 Å². The molecule has 222 valence electrons. The zero-order chi connectivity index (χ0) is 29.8. The van der Waals surface area contributed by atoms with Crippen molar-refractivity contribution in [1.29, 1.82) is 0 Å². The topological polar surface area (TPSA) is 119 Å². The summed E-state index contributed by atoms with van der Waals surface area (Å²) in [5.74, 6) is 2.19. The van der Waals surface area contributed by atoms with E-state index >= 15 is 0 Å². The maximum absolute atomic E-state index is 13.4. The number of amides is 1. The van der Waals surface area contributed by atoms with Crippen LogP contribution in [0.25, 0.3) is 0 Å². The van der Waals surface area contributed by atoms with Crippen LogP contribution in [0.1, 0.15) is 84.9 Å². The molecule has 0 fully saturated rings. The van der Waals surface area contributed by atoms with Gasteiger partial charge in [0.25, 0.3) is 0 Å². The number of nitrogens with zero attached hydrogens (tertiary/aromatic N) is 5. The fourth-order valence-corrected chi connectivity index (χ4v) is 4.81. The van der Waals surface area contributed by atoms with Crippen LogP contribution in [0, 0.1) is 11.3 Å². The molecule has 1 unspecified atom stereocenters. The smallest absolute Gasteiger partial charge is 0.228 e. The molecule has 1 aliphatic heterocycles. The van der Waals surface area contributed by atoms with Gasteiger partial charge in [0.2, 0.25) is 11.9 Å². The number of carbonyl (C=O) groups excluding carboxylic acids is 1. The van der Waals surface area contributed by atoms with E-state index in [2.05, 4.69) is 72.8 Å². The molecule has 0 saturated heterocycles. The van der Waals surface area contributed by atoms with Gasteiger partial charge >= 0.3 is 0 Å². The van der Waals surface area contributed by atoms with Crippen LogP contribution in [-0.2, 0) is 17.8 Å². The number of anilines is 2. The number of rotatable bonds is 12. The molecule has 9 heteroatoms. The Labute approximate surface area is 245 Å². The lowest BCUT2D eigenvalue weighted by atomic mass is 9.83. The minimum atomic E-state index is -0.166. The molecular weight excluding hydrogens is 514 g/mol. The molecule has 0 spiro atoms. The van der Waals surface area contributed by atoms with E-state index < -0.39 is 0 Å². The third-order valence-electron chi connectivity index (χ3n) is 7.27. The number of nitrogens with two attached hydrogens (primary N) is 1. The monoisotopic (exact) mass is 561 g/mol. The van der Waals surface area contributed by atoms with Gasteiger partial charge in [-0.2, -0.15) is 0 Å². The second kappa shape index (κ2) is 15.3. The highest BCUT2D eigenvalue weighted by atomic mass is 16.5. The molecule has 3 rings (SSSR count). The zero-order valence-electron chi connectivity index (χ0n) is 25.6. The van der Waals surface area contributed by atoms with Gasteiger partial charge in [-0.3, -0.25) is 4.79 Å². The number of ether oxygens (including phenoxy) is 1. The third kappa shape index (κ3) is 9.40. The average molecular weight is 562 g/mol. The molecule has 3 heterocycles. The van der Waals surface area contributed by atoms with Crippen LogP contribution in [0.4, 0.5) is 11.8 Å². The predicted octanol–water partition coefficient (Wildman–Crippen LogP) is 6.02. The van der Waals surface area contributed by atoms with E-state index in [9.17, 15) is 4.79 Å². The summed E-state index contributed by atoms with van der Waals surface area (Å²) in [6.07, 6.45) is 14.4. The highest BCUT2D eigenvalue weighted by Crippen LogP contribution is 2.32. The van der Waals surface area contributed by atoms with Crippen LogP contribution in [0.5, 0.6) is 5.75 Å². The second-order valence-corrected chi connectivity index (χ2v) is 11.4. The average Bonchev–Trinajstić information content (AvgIpc) is 2.92. The Morgan fingerprint density at radius 3 is 2.61 bits per heavy atom. The van der Waals surface area contributed by atoms with Gasteiger partial charge in [-0.15, -0.1) is 0 Å². The Hall–Kier alpha value is -3.75. The molecule has 9 nitrogen and oxygen atoms in total. The lowest BCUT2D eigenvalue weighted by Gasteiger charge is -2.28. The Kier molecular flexibility index (Phi) is 11.9. The minimum Gasteiger partial charge on any atom is -0.483 e. The lowest BCUT2D eigenvalue weighted by Crippen LogP contribution is -2.37. The molecule has 41 heavy (non-hydrogen) atoms. The van der Waals surface area contributed by atoms with Crippen LogP contribution in [0.3, 0.4) is 0 Å². The maximum Gasteiger partial charge on any atom is 0.228 e. The first-order chi connectivity index (χ1) is 19.7. The molecule has 1 aliphatic rings. The highest BCUT2D eigenvalue weighted by Gasteiger charge is 2.23. The summed E-state index contributed by atoms with van der Waals surface area (Å²) in [6, 6.07) is 3.78. The van der Waals surface area contributed by atoms with Gasteiger partial charge in [0.05, 0.1) is 5.69 Å². The van der Waals surface area contributed by atoms with Gasteiger partial charge in [-0.25, -0.2) is 19.9 Å². The van der Waals surface area contributed by atoms with Crippen molar-refractivity contribution in [2.75, 3.05) is 23.7 Å². The molecule has 0 radical (unpaired) electrons. The number of nitrogens with one attached hydrogen (secondary N) is 1. The van der Waals surface area contributed by atoms with E-state index in [1.807, 2.05) is 18.3 Å². The first-order valence-corrected chi connectivity index (χ1v) is 14.8. The van der Waals surface area contributed by atoms with Crippen molar-refractivity contribution in [2.24, 2.45) is 16.3 Å². The first-order valence-electron chi connectivity index (χ1n) is 14.8. The van der Waals surface area contributed by atoms with Crippen LogP contribution in [0.15, 0.2) is 53.4 Å². The Morgan fingerprint density at radius 2 is 1.93 bits per heavy atom. The number of hydrogen-bond acceptors (Lipinski definition) is 8. The van der Waals surface area contributed by atoms with Crippen molar-refractivity contribution in [3.63, 3.8) is 0 Å². The number of aliphatic imine (C=N–C) groups is 1. The van der Waals surface area contributed by atoms with E-state index in [1.165, 1.54) is 5.57 Å². The van der Waals surface area contributed by atoms with E-state index in [0.29, 0.717) is 24.5 Å². The van der Waals surface area contributed by atoms with Crippen molar-refractivity contribution in [2.45, 2.75) is 86.7 Å². The van der Waals surface area contributed by atoms with Crippen molar-refractivity contribution < 1.29 is 9.53 Å². The standard InChI is InChI=1S/C32H47N7O2/c1-7-19-39(29-28(23(8-2)13-17-35-29)41-22-26-14-18-36-31(33)37-26)20-15-24(9-3)30(40)38-27-21-25(32(4,5)6)12-10-11-16-34-27/h11,13-14,16-18,21,24H,7-10,12,15,19-20,22H2,1-6H3,(H2,33,36,37)(H,34,38,40). The SMILES string of the molecule is CCCN(CCC(CC)C(=O)NC1=NC=CCCC(C(C)(C)C)=C1)c1nccc(CC)c1OCc1ccnc(N)n1. The van der Waals surface area contributed by atoms with E-state index in [4.69, 9.17) is 15.5 Å². The van der Waals surface area contributed by atoms with Gasteiger partial charge < -0.3 is 20.7 Å². The fourth-order valence-electron chi connectivity index (χ4n) is 4.81. The van der Waals surface area contributed by atoms with Crippen molar-refractivity contribution in [3.8, 4) is 5.75 Å². The molecule has 2 aromatic heterocycles. The van der Waals surface area contributed by atoms with Crippen molar-refractivity contribution in [3.05, 3.63) is 59.7 Å². The minimum absolute atomic E-state index is 0.00530. The number of aryl methyl sites for hydroxylation is 1. The number of aromatic nitrogens is 3. The Morgan fingerprint density at radius 1 is 1.15 bits per heavy atom. The van der Waals surface area contributed by atoms with E-state index in [0.717, 1.165) is 55.8 Å². The molecule has 1 atom stereocenters. The predicted molar refractivity (Wildman–Crippen MR) is 167 cm³/mol. The van der Waals surface area contributed by atoms with Crippen LogP contribution < -0.4 is 20.7 Å². The molecule has 0 aliphatic carbocycles. The molecule has 2 aromatic rings. The normalized spacial score (nSPS) is 14.4. The molecule has 1 amide bonds. The number of nitrogen functional groups attached to an aromatic ring is 1. The molecule has 0 saturated carbocycles. The maximum atomic E-state index is 13.4. The quantitative estimate of drug-likeness (QED) is 0.325. The number of hydrogen-bond donors (Lipinski definition) is 2. The van der Waals surface area contributed by atoms with Crippen LogP contribution in [0.2, 0.25) is 0 Å². The zero-order valence-corrected chi connectivity index (χ0v) is 25.6. The van der Waals surface area contributed by atoms with Crippen molar-refractivity contribution in [1.82, 2.24) is 20.3 Å². The largest absolute Gasteiger partial charge is 0.483 e. The molecule has 0 bridgehead atoms. The van der Waals surface area contributed by atoms with Gasteiger partial charge in [0.15, 0.2) is 11.6 Å². The van der Waals surface area contributed by atoms with Gasteiger partial charge in [-0.1, -0.05) is 53.2 Å². The number of carbonyl (C=O) groups is 1. The Balaban J connectivity index is 1.77. The molecular formula is C32H47N7O2. The third-order valence-corrected chi connectivity index (χ3v) is 7.27. The second-order valence-electron chi connectivity index (χ2n) is 11.4. The van der Waals surface area contributed by atoms with Crippen molar-refractivity contribution >= 4 is 23.5 Å². The molecule has 3 N–H and O–H groups in total. The highest BCUT2D eigenvalue weighted by molar-refractivity contribution is 6.05. The summed E-state index contributed by atoms with van der Waals surface area (Å²) < 4.78 is 6.31.